The van der Waals surface area contributed by atoms with Crippen molar-refractivity contribution < 1.29 is 4.42 Å². The van der Waals surface area contributed by atoms with Crippen molar-refractivity contribution in [2.24, 2.45) is 4.99 Å². The Hall–Kier alpha value is -1.87. The Morgan fingerprint density at radius 3 is 2.46 bits per heavy atom. The molecule has 138 valence electrons. The van der Waals surface area contributed by atoms with Crippen LogP contribution < -0.4 is 10.6 Å². The summed E-state index contributed by atoms with van der Waals surface area (Å²) < 4.78 is 5.82. The van der Waals surface area contributed by atoms with Crippen molar-refractivity contribution in [3.8, 4) is 11.3 Å². The van der Waals surface area contributed by atoms with Crippen molar-refractivity contribution in [1.82, 2.24) is 15.6 Å². The molecule has 1 aromatic carbocycles. The Labute approximate surface area is 175 Å². The van der Waals surface area contributed by atoms with Gasteiger partial charge in [-0.1, -0.05) is 29.8 Å². The molecule has 7 heteroatoms. The van der Waals surface area contributed by atoms with Gasteiger partial charge in [-0.15, -0.1) is 35.3 Å². The smallest absolute Gasteiger partial charge is 0.214 e. The number of thiophene rings is 1. The summed E-state index contributed by atoms with van der Waals surface area (Å²) in [6.45, 7) is 5.40. The zero-order valence-electron chi connectivity index (χ0n) is 15.1. The lowest BCUT2D eigenvalue weighted by molar-refractivity contribution is 0.497. The van der Waals surface area contributed by atoms with E-state index < -0.39 is 0 Å². The summed E-state index contributed by atoms with van der Waals surface area (Å²) in [6, 6.07) is 12.5. The van der Waals surface area contributed by atoms with E-state index in [2.05, 4.69) is 58.7 Å². The quantitative estimate of drug-likeness (QED) is 0.319. The number of hydrogen-bond donors (Lipinski definition) is 2. The number of nitrogens with one attached hydrogen (secondary N) is 2. The highest BCUT2D eigenvalue weighted by atomic mass is 127. The number of hydrogen-bond acceptors (Lipinski definition) is 4. The Balaban J connectivity index is 0.00000243. The Bertz CT molecular complexity index is 855. The molecule has 0 aliphatic carbocycles. The molecular formula is C19H23IN4OS. The van der Waals surface area contributed by atoms with Crippen molar-refractivity contribution >= 4 is 41.3 Å². The molecule has 2 heterocycles. The molecule has 0 unspecified atom stereocenters. The van der Waals surface area contributed by atoms with Crippen molar-refractivity contribution in [2.45, 2.75) is 26.9 Å². The molecule has 2 N–H and O–H groups in total. The van der Waals surface area contributed by atoms with Gasteiger partial charge in [0, 0.05) is 22.4 Å². The minimum absolute atomic E-state index is 0. The minimum Gasteiger partial charge on any atom is -0.439 e. The number of aryl methyl sites for hydroxylation is 2. The highest BCUT2D eigenvalue weighted by Crippen LogP contribution is 2.20. The molecular weight excluding hydrogens is 459 g/mol. The van der Waals surface area contributed by atoms with Crippen LogP contribution in [0.3, 0.4) is 0 Å². The van der Waals surface area contributed by atoms with Gasteiger partial charge < -0.3 is 15.1 Å². The molecule has 5 nitrogen and oxygen atoms in total. The highest BCUT2D eigenvalue weighted by Gasteiger charge is 2.07. The summed E-state index contributed by atoms with van der Waals surface area (Å²) in [4.78, 5) is 11.1. The topological polar surface area (TPSA) is 62.5 Å². The van der Waals surface area contributed by atoms with E-state index in [4.69, 9.17) is 4.42 Å². The van der Waals surface area contributed by atoms with Crippen LogP contribution in [-0.2, 0) is 13.1 Å². The molecule has 0 aliphatic rings. The maximum atomic E-state index is 5.82. The van der Waals surface area contributed by atoms with Gasteiger partial charge >= 0.3 is 0 Å². The summed E-state index contributed by atoms with van der Waals surface area (Å²) >= 11 is 1.78. The third-order valence-electron chi connectivity index (χ3n) is 3.75. The molecule has 26 heavy (non-hydrogen) atoms. The lowest BCUT2D eigenvalue weighted by Gasteiger charge is -2.09. The standard InChI is InChI=1S/C19H22N4OS.HI/c1-13-4-7-15(8-5-13)17-11-21-18(24-17)12-23-19(20-3)22-10-16-9-6-14(2)25-16;/h4-9,11H,10,12H2,1-3H3,(H2,20,22,23);1H. The van der Waals surface area contributed by atoms with Gasteiger partial charge in [0.15, 0.2) is 11.7 Å². The number of nitrogens with zero attached hydrogens (tertiary/aromatic N) is 2. The molecule has 0 amide bonds. The van der Waals surface area contributed by atoms with E-state index in [0.717, 1.165) is 23.8 Å². The fraction of sp³-hybridized carbons (Fsp3) is 0.263. The van der Waals surface area contributed by atoms with E-state index in [-0.39, 0.29) is 24.0 Å². The van der Waals surface area contributed by atoms with E-state index >= 15 is 0 Å². The second-order valence-corrected chi connectivity index (χ2v) is 7.15. The van der Waals surface area contributed by atoms with Gasteiger partial charge in [0.25, 0.3) is 0 Å². The zero-order valence-corrected chi connectivity index (χ0v) is 18.2. The number of aromatic nitrogens is 1. The maximum Gasteiger partial charge on any atom is 0.214 e. The fourth-order valence-corrected chi connectivity index (χ4v) is 3.20. The summed E-state index contributed by atoms with van der Waals surface area (Å²) in [5, 5.41) is 6.52. The molecule has 0 radical (unpaired) electrons. The van der Waals surface area contributed by atoms with Crippen LogP contribution in [0.1, 0.15) is 21.2 Å². The van der Waals surface area contributed by atoms with Crippen LogP contribution in [0.2, 0.25) is 0 Å². The third-order valence-corrected chi connectivity index (χ3v) is 4.75. The third kappa shape index (κ3) is 5.57. The number of halogens is 1. The first-order valence-electron chi connectivity index (χ1n) is 8.15. The molecule has 0 atom stereocenters. The molecule has 3 aromatic rings. The van der Waals surface area contributed by atoms with Crippen molar-refractivity contribution in [1.29, 1.82) is 0 Å². The molecule has 0 saturated carbocycles. The van der Waals surface area contributed by atoms with Crippen LogP contribution in [0.25, 0.3) is 11.3 Å². The van der Waals surface area contributed by atoms with Crippen molar-refractivity contribution in [3.63, 3.8) is 0 Å². The minimum atomic E-state index is 0. The molecule has 0 fully saturated rings. The Morgan fingerprint density at radius 2 is 1.81 bits per heavy atom. The fourth-order valence-electron chi connectivity index (χ4n) is 2.37. The first-order valence-corrected chi connectivity index (χ1v) is 8.97. The Morgan fingerprint density at radius 1 is 1.08 bits per heavy atom. The van der Waals surface area contributed by atoms with Gasteiger partial charge in [-0.2, -0.15) is 0 Å². The second kappa shape index (κ2) is 9.72. The number of guanidine groups is 1. The van der Waals surface area contributed by atoms with Gasteiger partial charge in [-0.25, -0.2) is 4.98 Å². The predicted octanol–water partition coefficient (Wildman–Crippen LogP) is 4.50. The predicted molar refractivity (Wildman–Crippen MR) is 118 cm³/mol. The van der Waals surface area contributed by atoms with E-state index in [9.17, 15) is 0 Å². The van der Waals surface area contributed by atoms with E-state index in [1.54, 1.807) is 24.6 Å². The maximum absolute atomic E-state index is 5.82. The average Bonchev–Trinajstić information content (AvgIpc) is 3.25. The lowest BCUT2D eigenvalue weighted by atomic mass is 10.1. The molecule has 0 aliphatic heterocycles. The number of aliphatic imine (C=N–C) groups is 1. The van der Waals surface area contributed by atoms with Crippen LogP contribution in [0.5, 0.6) is 0 Å². The highest BCUT2D eigenvalue weighted by molar-refractivity contribution is 14.0. The number of rotatable bonds is 5. The lowest BCUT2D eigenvalue weighted by Crippen LogP contribution is -2.36. The summed E-state index contributed by atoms with van der Waals surface area (Å²) in [6.07, 6.45) is 1.76. The molecule has 0 saturated heterocycles. The SMILES string of the molecule is CN=C(NCc1ncc(-c2ccc(C)cc2)o1)NCc1ccc(C)s1.I. The van der Waals surface area contributed by atoms with Gasteiger partial charge in [-0.05, 0) is 26.0 Å². The van der Waals surface area contributed by atoms with Crippen LogP contribution in [0.15, 0.2) is 52.0 Å². The molecule has 2 aromatic heterocycles. The van der Waals surface area contributed by atoms with Crippen LogP contribution in [0.4, 0.5) is 0 Å². The van der Waals surface area contributed by atoms with Gasteiger partial charge in [0.2, 0.25) is 5.89 Å². The number of oxazole rings is 1. The van der Waals surface area contributed by atoms with Crippen molar-refractivity contribution in [2.75, 3.05) is 7.05 Å². The molecule has 3 rings (SSSR count). The van der Waals surface area contributed by atoms with E-state index in [1.807, 2.05) is 12.1 Å². The number of benzene rings is 1. The van der Waals surface area contributed by atoms with Gasteiger partial charge in [0.05, 0.1) is 19.3 Å². The molecule has 0 bridgehead atoms. The zero-order chi connectivity index (χ0) is 17.6. The second-order valence-electron chi connectivity index (χ2n) is 5.78. The van der Waals surface area contributed by atoms with Crippen LogP contribution in [-0.4, -0.2) is 18.0 Å². The Kier molecular flexibility index (Phi) is 7.65. The largest absolute Gasteiger partial charge is 0.439 e. The first kappa shape index (κ1) is 20.4. The molecule has 0 spiro atoms. The first-order chi connectivity index (χ1) is 12.1. The average molecular weight is 482 g/mol. The summed E-state index contributed by atoms with van der Waals surface area (Å²) in [5.41, 5.74) is 2.25. The summed E-state index contributed by atoms with van der Waals surface area (Å²) in [7, 11) is 1.75. The van der Waals surface area contributed by atoms with E-state index in [1.165, 1.54) is 15.3 Å². The monoisotopic (exact) mass is 482 g/mol. The van der Waals surface area contributed by atoms with Crippen molar-refractivity contribution in [3.05, 3.63) is 63.8 Å². The normalized spacial score (nSPS) is 11.1. The van der Waals surface area contributed by atoms with E-state index in [0.29, 0.717) is 12.4 Å². The van der Waals surface area contributed by atoms with Gasteiger partial charge in [0.1, 0.15) is 0 Å². The van der Waals surface area contributed by atoms with Crippen LogP contribution >= 0.6 is 35.3 Å². The van der Waals surface area contributed by atoms with Gasteiger partial charge in [-0.3, -0.25) is 4.99 Å². The summed E-state index contributed by atoms with van der Waals surface area (Å²) in [5.74, 6) is 2.13. The van der Waals surface area contributed by atoms with Crippen LogP contribution in [0, 0.1) is 13.8 Å².